The van der Waals surface area contributed by atoms with Crippen LogP contribution in [0.3, 0.4) is 0 Å². The minimum absolute atomic E-state index is 0.0323. The molecule has 0 radical (unpaired) electrons. The van der Waals surface area contributed by atoms with Gasteiger partial charge in [0.2, 0.25) is 20.0 Å². The minimum Gasteiger partial charge on any atom is -0.209 e. The molecule has 6 nitrogen and oxygen atoms in total. The van der Waals surface area contributed by atoms with Crippen molar-refractivity contribution in [2.45, 2.75) is 43.1 Å². The average Bonchev–Trinajstić information content (AvgIpc) is 2.52. The molecule has 2 N–H and O–H groups in total. The Morgan fingerprint density at radius 1 is 1.00 bits per heavy atom. The molecule has 0 atom stereocenters. The highest BCUT2D eigenvalue weighted by atomic mass is 35.5. The van der Waals surface area contributed by atoms with E-state index in [0.717, 1.165) is 0 Å². The van der Waals surface area contributed by atoms with E-state index in [1.54, 1.807) is 39.0 Å². The summed E-state index contributed by atoms with van der Waals surface area (Å²) in [6.45, 7) is 5.08. The molecule has 0 fully saturated rings. The zero-order valence-corrected chi connectivity index (χ0v) is 17.0. The minimum atomic E-state index is -3.75. The summed E-state index contributed by atoms with van der Waals surface area (Å²) in [6, 6.07) is 10.4. The van der Waals surface area contributed by atoms with Crippen molar-refractivity contribution in [1.82, 2.24) is 9.44 Å². The van der Waals surface area contributed by atoms with Gasteiger partial charge < -0.3 is 0 Å². The SMILES string of the molecule is Cc1cc(Cl)ccc1S(=O)(=O)NCc1cccc(S(=O)(=O)NC(C)C)c1. The number of hydrogen-bond donors (Lipinski definition) is 2. The number of nitrogens with one attached hydrogen (secondary N) is 2. The smallest absolute Gasteiger partial charge is 0.209 e. The van der Waals surface area contributed by atoms with Crippen LogP contribution in [0.1, 0.15) is 25.0 Å². The Hall–Kier alpha value is -1.45. The lowest BCUT2D eigenvalue weighted by Gasteiger charge is -2.12. The Morgan fingerprint density at radius 2 is 1.69 bits per heavy atom. The van der Waals surface area contributed by atoms with Gasteiger partial charge in [-0.15, -0.1) is 0 Å². The monoisotopic (exact) mass is 416 g/mol. The fourth-order valence-corrected chi connectivity index (χ4v) is 5.16. The van der Waals surface area contributed by atoms with Crippen molar-refractivity contribution in [2.75, 3.05) is 0 Å². The number of aryl methyl sites for hydroxylation is 1. The Labute approximate surface area is 159 Å². The molecule has 0 amide bonds. The van der Waals surface area contributed by atoms with Crippen molar-refractivity contribution in [3.63, 3.8) is 0 Å². The number of halogens is 1. The molecular formula is C17H21ClN2O4S2. The van der Waals surface area contributed by atoms with E-state index < -0.39 is 20.0 Å². The lowest BCUT2D eigenvalue weighted by atomic mass is 10.2. The zero-order chi connectivity index (χ0) is 19.5. The van der Waals surface area contributed by atoms with Crippen LogP contribution in [0.4, 0.5) is 0 Å². The van der Waals surface area contributed by atoms with Crippen molar-refractivity contribution < 1.29 is 16.8 Å². The maximum Gasteiger partial charge on any atom is 0.241 e. The van der Waals surface area contributed by atoms with Crippen LogP contribution < -0.4 is 9.44 Å². The van der Waals surface area contributed by atoms with Gasteiger partial charge in [0.05, 0.1) is 9.79 Å². The Balaban J connectivity index is 2.21. The molecule has 0 saturated carbocycles. The molecule has 142 valence electrons. The van der Waals surface area contributed by atoms with Crippen LogP contribution >= 0.6 is 11.6 Å². The molecule has 0 saturated heterocycles. The summed E-state index contributed by atoms with van der Waals surface area (Å²) in [7, 11) is -7.39. The third kappa shape index (κ3) is 5.28. The van der Waals surface area contributed by atoms with Crippen LogP contribution in [0.2, 0.25) is 5.02 Å². The third-order valence-electron chi connectivity index (χ3n) is 3.49. The van der Waals surface area contributed by atoms with Gasteiger partial charge in [-0.25, -0.2) is 26.3 Å². The molecule has 9 heteroatoms. The quantitative estimate of drug-likeness (QED) is 0.725. The predicted molar refractivity (Wildman–Crippen MR) is 102 cm³/mol. The summed E-state index contributed by atoms with van der Waals surface area (Å²) in [6.07, 6.45) is 0. The van der Waals surface area contributed by atoms with Crippen molar-refractivity contribution in [3.05, 3.63) is 58.6 Å². The molecular weight excluding hydrogens is 396 g/mol. The van der Waals surface area contributed by atoms with Crippen LogP contribution in [-0.4, -0.2) is 22.9 Å². The summed E-state index contributed by atoms with van der Waals surface area (Å²) >= 11 is 5.86. The molecule has 0 aliphatic heterocycles. The second-order valence-electron chi connectivity index (χ2n) is 6.16. The number of rotatable bonds is 7. The highest BCUT2D eigenvalue weighted by molar-refractivity contribution is 7.89. The first-order valence-corrected chi connectivity index (χ1v) is 11.2. The van der Waals surface area contributed by atoms with Crippen molar-refractivity contribution in [1.29, 1.82) is 0 Å². The van der Waals surface area contributed by atoms with Crippen LogP contribution in [0.25, 0.3) is 0 Å². The molecule has 0 aliphatic rings. The standard InChI is InChI=1S/C17H21ClN2O4S2/c1-12(2)20-25(21,22)16-6-4-5-14(10-16)11-19-26(23,24)17-8-7-15(18)9-13(17)3/h4-10,12,19-20H,11H2,1-3H3. The van der Waals surface area contributed by atoms with Crippen molar-refractivity contribution >= 4 is 31.6 Å². The molecule has 0 bridgehead atoms. The molecule has 2 aromatic rings. The third-order valence-corrected chi connectivity index (χ3v) is 6.95. The number of benzene rings is 2. The highest BCUT2D eigenvalue weighted by Gasteiger charge is 2.18. The highest BCUT2D eigenvalue weighted by Crippen LogP contribution is 2.20. The lowest BCUT2D eigenvalue weighted by Crippen LogP contribution is -2.30. The summed E-state index contributed by atoms with van der Waals surface area (Å²) in [5.41, 5.74) is 1.06. The topological polar surface area (TPSA) is 92.3 Å². The van der Waals surface area contributed by atoms with Gasteiger partial charge in [0.25, 0.3) is 0 Å². The number of hydrogen-bond acceptors (Lipinski definition) is 4. The molecule has 0 aromatic heterocycles. The molecule has 2 aromatic carbocycles. The fraction of sp³-hybridized carbons (Fsp3) is 0.294. The Bertz CT molecular complexity index is 1000. The van der Waals surface area contributed by atoms with Crippen LogP contribution in [0, 0.1) is 6.92 Å². The van der Waals surface area contributed by atoms with E-state index in [4.69, 9.17) is 11.6 Å². The Morgan fingerprint density at radius 3 is 2.31 bits per heavy atom. The maximum absolute atomic E-state index is 12.5. The summed E-state index contributed by atoms with van der Waals surface area (Å²) in [4.78, 5) is 0.220. The normalized spacial score (nSPS) is 12.5. The molecule has 0 heterocycles. The van der Waals surface area contributed by atoms with E-state index in [9.17, 15) is 16.8 Å². The summed E-state index contributed by atoms with van der Waals surface area (Å²) in [5, 5.41) is 0.456. The van der Waals surface area contributed by atoms with Gasteiger partial charge in [0.1, 0.15) is 0 Å². The van der Waals surface area contributed by atoms with E-state index in [0.29, 0.717) is 16.1 Å². The lowest BCUT2D eigenvalue weighted by molar-refractivity contribution is 0.569. The van der Waals surface area contributed by atoms with Gasteiger partial charge in [0, 0.05) is 17.6 Å². The molecule has 0 unspecified atom stereocenters. The van der Waals surface area contributed by atoms with Crippen molar-refractivity contribution in [3.8, 4) is 0 Å². The van der Waals surface area contributed by atoms with E-state index in [1.165, 1.54) is 24.3 Å². The van der Waals surface area contributed by atoms with Gasteiger partial charge >= 0.3 is 0 Å². The van der Waals surface area contributed by atoms with Gasteiger partial charge in [0.15, 0.2) is 0 Å². The maximum atomic E-state index is 12.5. The second-order valence-corrected chi connectivity index (χ2v) is 10.0. The predicted octanol–water partition coefficient (Wildman–Crippen LogP) is 2.81. The molecule has 2 rings (SSSR count). The van der Waals surface area contributed by atoms with Gasteiger partial charge in [-0.3, -0.25) is 0 Å². The van der Waals surface area contributed by atoms with Crippen LogP contribution in [0.15, 0.2) is 52.3 Å². The molecule has 0 aliphatic carbocycles. The first-order valence-electron chi connectivity index (χ1n) is 7.88. The van der Waals surface area contributed by atoms with Crippen molar-refractivity contribution in [2.24, 2.45) is 0 Å². The van der Waals surface area contributed by atoms with E-state index in [1.807, 2.05) is 0 Å². The summed E-state index contributed by atoms with van der Waals surface area (Å²) in [5.74, 6) is 0. The van der Waals surface area contributed by atoms with Gasteiger partial charge in [-0.1, -0.05) is 23.7 Å². The average molecular weight is 417 g/mol. The first kappa shape index (κ1) is 20.9. The zero-order valence-electron chi connectivity index (χ0n) is 14.7. The largest absolute Gasteiger partial charge is 0.241 e. The molecule has 0 spiro atoms. The number of sulfonamides is 2. The van der Waals surface area contributed by atoms with Crippen LogP contribution in [-0.2, 0) is 26.6 Å². The first-order chi connectivity index (χ1) is 12.0. The van der Waals surface area contributed by atoms with E-state index >= 15 is 0 Å². The van der Waals surface area contributed by atoms with E-state index in [-0.39, 0.29) is 22.4 Å². The summed E-state index contributed by atoms with van der Waals surface area (Å²) < 4.78 is 54.4. The van der Waals surface area contributed by atoms with Gasteiger partial charge in [-0.2, -0.15) is 0 Å². The van der Waals surface area contributed by atoms with Gasteiger partial charge in [-0.05, 0) is 62.2 Å². The molecule has 26 heavy (non-hydrogen) atoms. The fourth-order valence-electron chi connectivity index (χ4n) is 2.37. The van der Waals surface area contributed by atoms with E-state index in [2.05, 4.69) is 9.44 Å². The Kier molecular flexibility index (Phi) is 6.46. The van der Waals surface area contributed by atoms with Crippen LogP contribution in [0.5, 0.6) is 0 Å². The second kappa shape index (κ2) is 8.06.